The Morgan fingerprint density at radius 2 is 1.88 bits per heavy atom. The average Bonchev–Trinajstić information content (AvgIpc) is 3.24. The molecule has 0 fully saturated rings. The molecule has 0 bridgehead atoms. The van der Waals surface area contributed by atoms with Crippen LogP contribution in [0.3, 0.4) is 0 Å². The molecule has 124 valence electrons. The molecule has 4 aromatic rings. The first kappa shape index (κ1) is 15.6. The molecule has 0 atom stereocenters. The van der Waals surface area contributed by atoms with Crippen molar-refractivity contribution < 1.29 is 4.79 Å². The molecule has 2 heterocycles. The Hall–Kier alpha value is -2.92. The molecule has 0 aliphatic rings. The fourth-order valence-electron chi connectivity index (χ4n) is 2.75. The fraction of sp³-hybridized carbons (Fsp3) is 0.100. The van der Waals surface area contributed by atoms with Crippen LogP contribution in [0.1, 0.15) is 21.1 Å². The minimum Gasteiger partial charge on any atom is -0.351 e. The average molecular weight is 347 g/mol. The third-order valence-electron chi connectivity index (χ3n) is 4.10. The van der Waals surface area contributed by atoms with E-state index in [1.807, 2.05) is 67.6 Å². The van der Waals surface area contributed by atoms with Crippen LogP contribution >= 0.6 is 11.3 Å². The van der Waals surface area contributed by atoms with E-state index < -0.39 is 0 Å². The van der Waals surface area contributed by atoms with E-state index in [4.69, 9.17) is 0 Å². The van der Waals surface area contributed by atoms with Crippen molar-refractivity contribution in [2.45, 2.75) is 13.5 Å². The molecule has 2 aromatic heterocycles. The van der Waals surface area contributed by atoms with Crippen molar-refractivity contribution in [2.75, 3.05) is 0 Å². The Morgan fingerprint density at radius 1 is 1.12 bits per heavy atom. The minimum absolute atomic E-state index is 0.106. The highest BCUT2D eigenvalue weighted by Crippen LogP contribution is 2.27. The van der Waals surface area contributed by atoms with Gasteiger partial charge in [-0.1, -0.05) is 48.5 Å². The molecule has 0 aliphatic carbocycles. The van der Waals surface area contributed by atoms with E-state index in [0.29, 0.717) is 12.2 Å². The van der Waals surface area contributed by atoms with Crippen molar-refractivity contribution in [3.05, 3.63) is 76.9 Å². The summed E-state index contributed by atoms with van der Waals surface area (Å²) in [6.07, 6.45) is 0. The topological polar surface area (TPSA) is 57.8 Å². The number of amides is 1. The van der Waals surface area contributed by atoms with Gasteiger partial charge in [-0.3, -0.25) is 4.79 Å². The Morgan fingerprint density at radius 3 is 2.68 bits per heavy atom. The summed E-state index contributed by atoms with van der Waals surface area (Å²) in [5.74, 6) is -0.106. The predicted molar refractivity (Wildman–Crippen MR) is 102 cm³/mol. The largest absolute Gasteiger partial charge is 0.351 e. The Bertz CT molecular complexity index is 1000. The number of benzene rings is 2. The van der Waals surface area contributed by atoms with Crippen molar-refractivity contribution in [2.24, 2.45) is 0 Å². The molecular weight excluding hydrogens is 330 g/mol. The van der Waals surface area contributed by atoms with Crippen molar-refractivity contribution in [3.63, 3.8) is 0 Å². The van der Waals surface area contributed by atoms with Crippen molar-refractivity contribution in [3.8, 4) is 10.6 Å². The van der Waals surface area contributed by atoms with Gasteiger partial charge in [0.25, 0.3) is 5.91 Å². The van der Waals surface area contributed by atoms with Gasteiger partial charge < -0.3 is 10.3 Å². The number of aromatic nitrogens is 2. The summed E-state index contributed by atoms with van der Waals surface area (Å²) < 4.78 is 0. The molecular formula is C20H17N3OS. The van der Waals surface area contributed by atoms with E-state index in [-0.39, 0.29) is 5.91 Å². The second kappa shape index (κ2) is 6.53. The predicted octanol–water partition coefficient (Wildman–Crippen LogP) is 4.53. The standard InChI is InChI=1S/C20H17N3OS/c1-13-18(25-20(22-13)14-7-3-2-4-8-14)12-21-19(24)17-11-15-9-5-6-10-16(15)23-17/h2-11,23H,12H2,1H3,(H,21,24). The highest BCUT2D eigenvalue weighted by molar-refractivity contribution is 7.15. The molecule has 0 saturated heterocycles. The number of carbonyl (C=O) groups is 1. The summed E-state index contributed by atoms with van der Waals surface area (Å²) in [6.45, 7) is 2.46. The minimum atomic E-state index is -0.106. The number of aromatic amines is 1. The van der Waals surface area contributed by atoms with Gasteiger partial charge >= 0.3 is 0 Å². The Labute approximate surface area is 149 Å². The first-order valence-corrected chi connectivity index (χ1v) is 8.90. The lowest BCUT2D eigenvalue weighted by Crippen LogP contribution is -2.22. The zero-order chi connectivity index (χ0) is 17.2. The van der Waals surface area contributed by atoms with Gasteiger partial charge in [-0.2, -0.15) is 0 Å². The number of aryl methyl sites for hydroxylation is 1. The summed E-state index contributed by atoms with van der Waals surface area (Å²) in [6, 6.07) is 19.8. The monoisotopic (exact) mass is 347 g/mol. The highest BCUT2D eigenvalue weighted by atomic mass is 32.1. The number of hydrogen-bond acceptors (Lipinski definition) is 3. The van der Waals surface area contributed by atoms with Crippen molar-refractivity contribution >= 4 is 28.1 Å². The summed E-state index contributed by atoms with van der Waals surface area (Å²) in [5.41, 5.74) is 3.60. The first-order chi connectivity index (χ1) is 12.2. The number of nitrogens with zero attached hydrogens (tertiary/aromatic N) is 1. The van der Waals surface area contributed by atoms with Gasteiger partial charge in [0.1, 0.15) is 10.7 Å². The number of para-hydroxylation sites is 1. The van der Waals surface area contributed by atoms with E-state index in [9.17, 15) is 4.79 Å². The van der Waals surface area contributed by atoms with Crippen LogP contribution in [0.2, 0.25) is 0 Å². The summed E-state index contributed by atoms with van der Waals surface area (Å²) in [7, 11) is 0. The van der Waals surface area contributed by atoms with E-state index in [1.165, 1.54) is 0 Å². The zero-order valence-corrected chi connectivity index (χ0v) is 14.6. The molecule has 1 amide bonds. The molecule has 0 saturated carbocycles. The van der Waals surface area contributed by atoms with Gasteiger partial charge in [0.05, 0.1) is 12.2 Å². The lowest BCUT2D eigenvalue weighted by Gasteiger charge is -2.02. The second-order valence-corrected chi connectivity index (χ2v) is 6.93. The highest BCUT2D eigenvalue weighted by Gasteiger charge is 2.13. The number of H-pyrrole nitrogens is 1. The lowest BCUT2D eigenvalue weighted by molar-refractivity contribution is 0.0947. The second-order valence-electron chi connectivity index (χ2n) is 5.85. The number of hydrogen-bond donors (Lipinski definition) is 2. The van der Waals surface area contributed by atoms with E-state index in [0.717, 1.165) is 32.0 Å². The van der Waals surface area contributed by atoms with Crippen LogP contribution in [-0.4, -0.2) is 15.9 Å². The smallest absolute Gasteiger partial charge is 0.268 e. The Balaban J connectivity index is 1.49. The van der Waals surface area contributed by atoms with Crippen molar-refractivity contribution in [1.29, 1.82) is 0 Å². The van der Waals surface area contributed by atoms with Crippen LogP contribution in [0.15, 0.2) is 60.7 Å². The SMILES string of the molecule is Cc1nc(-c2ccccc2)sc1CNC(=O)c1cc2ccccc2[nH]1. The van der Waals surface area contributed by atoms with Gasteiger partial charge in [-0.15, -0.1) is 11.3 Å². The number of carbonyl (C=O) groups excluding carboxylic acids is 1. The zero-order valence-electron chi connectivity index (χ0n) is 13.7. The van der Waals surface area contributed by atoms with Crippen molar-refractivity contribution in [1.82, 2.24) is 15.3 Å². The molecule has 0 aliphatic heterocycles. The fourth-order valence-corrected chi connectivity index (χ4v) is 3.76. The maximum Gasteiger partial charge on any atom is 0.268 e. The normalized spacial score (nSPS) is 10.9. The Kier molecular flexibility index (Phi) is 4.07. The molecule has 2 N–H and O–H groups in total. The quantitative estimate of drug-likeness (QED) is 0.570. The van der Waals surface area contributed by atoms with Crippen LogP contribution in [0.25, 0.3) is 21.5 Å². The maximum atomic E-state index is 12.4. The van der Waals surface area contributed by atoms with Gasteiger partial charge in [0, 0.05) is 21.3 Å². The molecule has 0 radical (unpaired) electrons. The van der Waals surface area contributed by atoms with Gasteiger partial charge in [-0.25, -0.2) is 4.98 Å². The molecule has 0 spiro atoms. The summed E-state index contributed by atoms with van der Waals surface area (Å²) in [5, 5.41) is 5.00. The van der Waals surface area contributed by atoms with E-state index in [1.54, 1.807) is 11.3 Å². The third kappa shape index (κ3) is 3.19. The van der Waals surface area contributed by atoms with Gasteiger partial charge in [0.2, 0.25) is 0 Å². The lowest BCUT2D eigenvalue weighted by atomic mass is 10.2. The third-order valence-corrected chi connectivity index (χ3v) is 5.30. The molecule has 4 rings (SSSR count). The molecule has 25 heavy (non-hydrogen) atoms. The van der Waals surface area contributed by atoms with Gasteiger partial charge in [-0.05, 0) is 19.1 Å². The van der Waals surface area contributed by atoms with E-state index >= 15 is 0 Å². The van der Waals surface area contributed by atoms with Crippen LogP contribution in [0.5, 0.6) is 0 Å². The first-order valence-electron chi connectivity index (χ1n) is 8.08. The molecule has 0 unspecified atom stereocenters. The van der Waals surface area contributed by atoms with Crippen LogP contribution in [0.4, 0.5) is 0 Å². The number of nitrogens with one attached hydrogen (secondary N) is 2. The van der Waals surface area contributed by atoms with Crippen LogP contribution in [0, 0.1) is 6.92 Å². The number of fused-ring (bicyclic) bond motifs is 1. The molecule has 4 nitrogen and oxygen atoms in total. The number of thiazole rings is 1. The molecule has 5 heteroatoms. The summed E-state index contributed by atoms with van der Waals surface area (Å²) >= 11 is 1.62. The number of rotatable bonds is 4. The van der Waals surface area contributed by atoms with Crippen LogP contribution < -0.4 is 5.32 Å². The molecule has 2 aromatic carbocycles. The van der Waals surface area contributed by atoms with Gasteiger partial charge in [0.15, 0.2) is 0 Å². The summed E-state index contributed by atoms with van der Waals surface area (Å²) in [4.78, 5) is 21.3. The van der Waals surface area contributed by atoms with Crippen LogP contribution in [-0.2, 0) is 6.54 Å². The van der Waals surface area contributed by atoms with E-state index in [2.05, 4.69) is 15.3 Å². The maximum absolute atomic E-state index is 12.4.